The predicted octanol–water partition coefficient (Wildman–Crippen LogP) is 5.89. The van der Waals surface area contributed by atoms with Crippen molar-refractivity contribution in [3.05, 3.63) is 106 Å². The van der Waals surface area contributed by atoms with Crippen molar-refractivity contribution < 1.29 is 28.2 Å². The highest BCUT2D eigenvalue weighted by Crippen LogP contribution is 2.42. The molecule has 0 bridgehead atoms. The summed E-state index contributed by atoms with van der Waals surface area (Å²) in [6.45, 7) is 0. The Labute approximate surface area is 190 Å². The van der Waals surface area contributed by atoms with Crippen molar-refractivity contribution in [1.29, 1.82) is 0 Å². The minimum absolute atomic E-state index is 0.0583. The average Bonchev–Trinajstić information content (AvgIpc) is 3.04. The molecule has 2 atom stereocenters. The molecule has 8 heteroatoms. The summed E-state index contributed by atoms with van der Waals surface area (Å²) < 4.78 is 39.8. The number of aliphatic hydroxyl groups excluding tert-OH is 2. The van der Waals surface area contributed by atoms with E-state index in [-0.39, 0.29) is 11.1 Å². The molecule has 3 aromatic carbocycles. The SMILES string of the molecule is O=C1C(O)=C(c2ccc(C(F)(F)F)cc2)C([C@H](O)c2ccccc2)N1c1ccc(Br)cc1. The van der Waals surface area contributed by atoms with E-state index in [1.807, 2.05) is 0 Å². The maximum Gasteiger partial charge on any atom is 0.416 e. The molecule has 1 aliphatic heterocycles. The zero-order chi connectivity index (χ0) is 23.0. The van der Waals surface area contributed by atoms with Crippen molar-refractivity contribution in [1.82, 2.24) is 0 Å². The molecule has 2 N–H and O–H groups in total. The van der Waals surface area contributed by atoms with Crippen LogP contribution in [0.1, 0.15) is 22.8 Å². The van der Waals surface area contributed by atoms with Gasteiger partial charge in [-0.15, -0.1) is 0 Å². The van der Waals surface area contributed by atoms with Gasteiger partial charge in [-0.1, -0.05) is 58.4 Å². The van der Waals surface area contributed by atoms with Crippen LogP contribution in [0, 0.1) is 0 Å². The molecule has 0 radical (unpaired) electrons. The van der Waals surface area contributed by atoms with Crippen molar-refractivity contribution >= 4 is 33.1 Å². The lowest BCUT2D eigenvalue weighted by Crippen LogP contribution is -2.39. The van der Waals surface area contributed by atoms with Gasteiger partial charge in [-0.25, -0.2) is 0 Å². The summed E-state index contributed by atoms with van der Waals surface area (Å²) in [5.41, 5.74) is 0.334. The first kappa shape index (κ1) is 22.1. The molecule has 0 saturated heterocycles. The predicted molar refractivity (Wildman–Crippen MR) is 118 cm³/mol. The zero-order valence-electron chi connectivity index (χ0n) is 16.4. The summed E-state index contributed by atoms with van der Waals surface area (Å²) >= 11 is 3.33. The second-order valence-electron chi connectivity index (χ2n) is 7.29. The number of hydrogen-bond donors (Lipinski definition) is 2. The molecule has 1 heterocycles. The van der Waals surface area contributed by atoms with Gasteiger partial charge in [-0.05, 0) is 47.5 Å². The van der Waals surface area contributed by atoms with Crippen molar-refractivity contribution in [2.24, 2.45) is 0 Å². The summed E-state index contributed by atoms with van der Waals surface area (Å²) in [5.74, 6) is -1.37. The number of alkyl halides is 3. The third-order valence-electron chi connectivity index (χ3n) is 5.32. The molecule has 164 valence electrons. The number of benzene rings is 3. The quantitative estimate of drug-likeness (QED) is 0.466. The molecule has 1 amide bonds. The van der Waals surface area contributed by atoms with E-state index in [4.69, 9.17) is 0 Å². The fourth-order valence-electron chi connectivity index (χ4n) is 3.78. The second-order valence-corrected chi connectivity index (χ2v) is 8.20. The van der Waals surface area contributed by atoms with Crippen LogP contribution in [-0.2, 0) is 11.0 Å². The monoisotopic (exact) mass is 503 g/mol. The van der Waals surface area contributed by atoms with Gasteiger partial charge >= 0.3 is 6.18 Å². The van der Waals surface area contributed by atoms with Crippen LogP contribution in [-0.4, -0.2) is 22.2 Å². The summed E-state index contributed by atoms with van der Waals surface area (Å²) in [5, 5.41) is 22.0. The van der Waals surface area contributed by atoms with E-state index in [1.54, 1.807) is 54.6 Å². The first-order valence-corrected chi connectivity index (χ1v) is 10.4. The van der Waals surface area contributed by atoms with E-state index in [2.05, 4.69) is 15.9 Å². The smallest absolute Gasteiger partial charge is 0.416 e. The molecule has 0 fully saturated rings. The standard InChI is InChI=1S/C24H17BrF3NO3/c25-17-10-12-18(13-11-17)29-20(21(30)15-4-2-1-3-5-15)19(22(31)23(29)32)14-6-8-16(9-7-14)24(26,27)28/h1-13,20-21,30-31H/t20?,21-/m1/s1. The molecule has 3 aromatic rings. The van der Waals surface area contributed by atoms with Gasteiger partial charge < -0.3 is 10.2 Å². The molecule has 0 saturated carbocycles. The molecule has 4 rings (SSSR count). The molecule has 1 aliphatic rings. The minimum atomic E-state index is -4.52. The van der Waals surface area contributed by atoms with Crippen LogP contribution in [0.2, 0.25) is 0 Å². The Morgan fingerprint density at radius 2 is 1.50 bits per heavy atom. The van der Waals surface area contributed by atoms with E-state index in [0.29, 0.717) is 11.3 Å². The van der Waals surface area contributed by atoms with Crippen molar-refractivity contribution in [2.75, 3.05) is 4.90 Å². The number of halogens is 4. The van der Waals surface area contributed by atoms with Crippen LogP contribution < -0.4 is 4.90 Å². The Balaban J connectivity index is 1.84. The van der Waals surface area contributed by atoms with E-state index in [1.165, 1.54) is 17.0 Å². The molecule has 1 unspecified atom stereocenters. The van der Waals surface area contributed by atoms with Crippen LogP contribution in [0.15, 0.2) is 89.1 Å². The lowest BCUT2D eigenvalue weighted by molar-refractivity contribution is -0.137. The van der Waals surface area contributed by atoms with Crippen molar-refractivity contribution in [3.63, 3.8) is 0 Å². The zero-order valence-corrected chi connectivity index (χ0v) is 18.0. The van der Waals surface area contributed by atoms with Crippen LogP contribution in [0.3, 0.4) is 0 Å². The van der Waals surface area contributed by atoms with Crippen molar-refractivity contribution in [3.8, 4) is 0 Å². The number of amides is 1. The Bertz CT molecular complexity index is 1160. The summed E-state index contributed by atoms with van der Waals surface area (Å²) in [7, 11) is 0. The first-order valence-electron chi connectivity index (χ1n) is 9.61. The topological polar surface area (TPSA) is 60.8 Å². The average molecular weight is 504 g/mol. The Hall–Kier alpha value is -3.10. The summed E-state index contributed by atoms with van der Waals surface area (Å²) in [6.07, 6.45) is -5.77. The Morgan fingerprint density at radius 3 is 2.06 bits per heavy atom. The van der Waals surface area contributed by atoms with Crippen LogP contribution in [0.4, 0.5) is 18.9 Å². The third kappa shape index (κ3) is 4.03. The van der Waals surface area contributed by atoms with Crippen LogP contribution in [0.25, 0.3) is 5.57 Å². The molecule has 4 nitrogen and oxygen atoms in total. The Morgan fingerprint density at radius 1 is 0.906 bits per heavy atom. The van der Waals surface area contributed by atoms with E-state index in [0.717, 1.165) is 16.6 Å². The van der Waals surface area contributed by atoms with E-state index in [9.17, 15) is 28.2 Å². The van der Waals surface area contributed by atoms with Gasteiger partial charge in [0.15, 0.2) is 5.76 Å². The highest BCUT2D eigenvalue weighted by molar-refractivity contribution is 9.10. The summed E-state index contributed by atoms with van der Waals surface area (Å²) in [6, 6.07) is 18.4. The number of carbonyl (C=O) groups excluding carboxylic acids is 1. The van der Waals surface area contributed by atoms with E-state index < -0.39 is 35.6 Å². The molecular formula is C24H17BrF3NO3. The number of nitrogens with zero attached hydrogens (tertiary/aromatic N) is 1. The maximum absolute atomic E-state index is 13.1. The summed E-state index contributed by atoms with van der Waals surface area (Å²) in [4.78, 5) is 14.3. The number of aliphatic hydroxyl groups is 2. The van der Waals surface area contributed by atoms with Gasteiger partial charge in [0, 0.05) is 15.7 Å². The fraction of sp³-hybridized carbons (Fsp3) is 0.125. The van der Waals surface area contributed by atoms with Gasteiger partial charge in [0.05, 0.1) is 11.6 Å². The number of carbonyl (C=O) groups is 1. The molecule has 32 heavy (non-hydrogen) atoms. The largest absolute Gasteiger partial charge is 0.503 e. The molecule has 0 aromatic heterocycles. The number of rotatable bonds is 4. The van der Waals surface area contributed by atoms with Gasteiger partial charge in [-0.2, -0.15) is 13.2 Å². The molecule has 0 spiro atoms. The highest BCUT2D eigenvalue weighted by atomic mass is 79.9. The van der Waals surface area contributed by atoms with Crippen LogP contribution >= 0.6 is 15.9 Å². The first-order chi connectivity index (χ1) is 15.2. The fourth-order valence-corrected chi connectivity index (χ4v) is 4.05. The number of anilines is 1. The van der Waals surface area contributed by atoms with Gasteiger partial charge in [0.25, 0.3) is 5.91 Å². The van der Waals surface area contributed by atoms with Gasteiger partial charge in [0.1, 0.15) is 6.10 Å². The molecule has 0 aliphatic carbocycles. The lowest BCUT2D eigenvalue weighted by Gasteiger charge is -2.31. The third-order valence-corrected chi connectivity index (χ3v) is 5.85. The van der Waals surface area contributed by atoms with Crippen LogP contribution in [0.5, 0.6) is 0 Å². The van der Waals surface area contributed by atoms with Gasteiger partial charge in [-0.3, -0.25) is 9.69 Å². The number of hydrogen-bond acceptors (Lipinski definition) is 3. The highest BCUT2D eigenvalue weighted by Gasteiger charge is 2.45. The second kappa shape index (κ2) is 8.44. The van der Waals surface area contributed by atoms with E-state index >= 15 is 0 Å². The minimum Gasteiger partial charge on any atom is -0.503 e. The van der Waals surface area contributed by atoms with Crippen molar-refractivity contribution in [2.45, 2.75) is 18.3 Å². The normalized spacial score (nSPS) is 17.7. The van der Waals surface area contributed by atoms with Gasteiger partial charge in [0.2, 0.25) is 0 Å². The Kier molecular flexibility index (Phi) is 5.83. The maximum atomic E-state index is 13.1. The lowest BCUT2D eigenvalue weighted by atomic mass is 9.91. The molecular weight excluding hydrogens is 487 g/mol.